The number of halogens is 2. The van der Waals surface area contributed by atoms with Crippen molar-refractivity contribution in [2.24, 2.45) is 0 Å². The molecule has 1 aliphatic carbocycles. The van der Waals surface area contributed by atoms with Crippen molar-refractivity contribution in [3.63, 3.8) is 0 Å². The van der Waals surface area contributed by atoms with E-state index in [0.717, 1.165) is 45.2 Å². The van der Waals surface area contributed by atoms with E-state index in [0.29, 0.717) is 0 Å². The minimum atomic E-state index is -4.09. The predicted octanol–water partition coefficient (Wildman–Crippen LogP) is 2.28. The molecule has 0 saturated carbocycles. The lowest BCUT2D eigenvalue weighted by Crippen LogP contribution is -2.62. The van der Waals surface area contributed by atoms with Crippen molar-refractivity contribution in [1.82, 2.24) is 19.3 Å². The molecule has 2 aliphatic rings. The van der Waals surface area contributed by atoms with Crippen LogP contribution in [0.2, 0.25) is 5.02 Å². The Morgan fingerprint density at radius 3 is 2.82 bits per heavy atom. The zero-order valence-corrected chi connectivity index (χ0v) is 20.3. The number of rotatable bonds is 4. The Balaban J connectivity index is 1.49. The van der Waals surface area contributed by atoms with Gasteiger partial charge in [0.2, 0.25) is 11.8 Å². The number of aryl methyl sites for hydroxylation is 2. The van der Waals surface area contributed by atoms with E-state index in [-0.39, 0.29) is 23.2 Å². The Labute approximate surface area is 199 Å². The van der Waals surface area contributed by atoms with E-state index in [9.17, 15) is 22.4 Å². The maximum absolute atomic E-state index is 13.4. The van der Waals surface area contributed by atoms with E-state index in [1.807, 2.05) is 6.92 Å². The van der Waals surface area contributed by atoms with Crippen LogP contribution in [0.25, 0.3) is 0 Å². The van der Waals surface area contributed by atoms with Crippen LogP contribution in [0, 0.1) is 12.7 Å². The number of hydrogen-bond donors (Lipinski definition) is 3. The van der Waals surface area contributed by atoms with Gasteiger partial charge in [-0.1, -0.05) is 11.6 Å². The SMILES string of the molecule is Cc1nc2c(s1)C(NC(=O)C1CC(C(=O)Nc3ccc(F)c(Cl)c3)N(C)S(=O)(=O)N1)CCC2. The van der Waals surface area contributed by atoms with Crippen LogP contribution in [0.15, 0.2) is 18.2 Å². The van der Waals surface area contributed by atoms with Crippen molar-refractivity contribution in [2.45, 2.75) is 50.7 Å². The average molecular weight is 516 g/mol. The highest BCUT2D eigenvalue weighted by Crippen LogP contribution is 2.34. The van der Waals surface area contributed by atoms with Gasteiger partial charge < -0.3 is 10.6 Å². The van der Waals surface area contributed by atoms with E-state index in [2.05, 4.69) is 20.3 Å². The molecule has 4 rings (SSSR count). The number of hydrogen-bond acceptors (Lipinski definition) is 6. The molecule has 2 amide bonds. The maximum atomic E-state index is 13.4. The second-order valence-corrected chi connectivity index (χ2v) is 11.5. The third-order valence-electron chi connectivity index (χ3n) is 5.75. The smallest absolute Gasteiger partial charge is 0.280 e. The number of carbonyl (C=O) groups excluding carboxylic acids is 2. The topological polar surface area (TPSA) is 120 Å². The van der Waals surface area contributed by atoms with Gasteiger partial charge in [-0.25, -0.2) is 9.37 Å². The number of amides is 2. The molecular weight excluding hydrogens is 493 g/mol. The number of fused-ring (bicyclic) bond motifs is 1. The van der Waals surface area contributed by atoms with Gasteiger partial charge in [0.15, 0.2) is 0 Å². The van der Waals surface area contributed by atoms with Crippen molar-refractivity contribution >= 4 is 50.6 Å². The number of likely N-dealkylation sites (N-methyl/N-ethyl adjacent to an activating group) is 1. The fraction of sp³-hybridized carbons (Fsp3) is 0.450. The second kappa shape index (κ2) is 9.26. The summed E-state index contributed by atoms with van der Waals surface area (Å²) in [4.78, 5) is 31.4. The lowest BCUT2D eigenvalue weighted by atomic mass is 9.97. The first-order valence-corrected chi connectivity index (χ1v) is 13.0. The normalized spacial score (nSPS) is 24.7. The number of nitrogens with zero attached hydrogens (tertiary/aromatic N) is 2. The molecular formula is C20H23ClFN5O4S2. The Morgan fingerprint density at radius 1 is 1.33 bits per heavy atom. The molecule has 9 nitrogen and oxygen atoms in total. The molecule has 1 aromatic heterocycles. The van der Waals surface area contributed by atoms with Gasteiger partial charge in [0.1, 0.15) is 17.9 Å². The number of anilines is 1. The van der Waals surface area contributed by atoms with Crippen molar-refractivity contribution in [3.8, 4) is 0 Å². The maximum Gasteiger partial charge on any atom is 0.280 e. The largest absolute Gasteiger partial charge is 0.347 e. The summed E-state index contributed by atoms with van der Waals surface area (Å²) >= 11 is 7.27. The summed E-state index contributed by atoms with van der Waals surface area (Å²) in [5, 5.41) is 6.21. The highest BCUT2D eigenvalue weighted by molar-refractivity contribution is 7.87. The van der Waals surface area contributed by atoms with Crippen molar-refractivity contribution in [2.75, 3.05) is 12.4 Å². The Morgan fingerprint density at radius 2 is 2.09 bits per heavy atom. The van der Waals surface area contributed by atoms with Gasteiger partial charge in [0.25, 0.3) is 10.2 Å². The Hall–Kier alpha value is -2.12. The zero-order valence-electron chi connectivity index (χ0n) is 17.9. The number of benzene rings is 1. The van der Waals surface area contributed by atoms with Gasteiger partial charge in [0.05, 0.1) is 26.6 Å². The number of thiazole rings is 1. The molecule has 1 saturated heterocycles. The van der Waals surface area contributed by atoms with Crippen LogP contribution in [0.4, 0.5) is 10.1 Å². The molecule has 33 heavy (non-hydrogen) atoms. The lowest BCUT2D eigenvalue weighted by molar-refractivity contribution is -0.125. The third kappa shape index (κ3) is 5.04. The van der Waals surface area contributed by atoms with Gasteiger partial charge in [-0.05, 0) is 50.8 Å². The predicted molar refractivity (Wildman–Crippen MR) is 123 cm³/mol. The number of carbonyl (C=O) groups is 2. The summed E-state index contributed by atoms with van der Waals surface area (Å²) in [6.45, 7) is 1.91. The first-order valence-electron chi connectivity index (χ1n) is 10.3. The van der Waals surface area contributed by atoms with Crippen LogP contribution < -0.4 is 15.4 Å². The Bertz CT molecular complexity index is 1210. The summed E-state index contributed by atoms with van der Waals surface area (Å²) in [6, 6.07) is 1.12. The van der Waals surface area contributed by atoms with Gasteiger partial charge in [-0.3, -0.25) is 9.59 Å². The fourth-order valence-corrected chi connectivity index (χ4v) is 6.52. The first kappa shape index (κ1) is 24.0. The molecule has 2 aromatic rings. The molecule has 3 unspecified atom stereocenters. The summed E-state index contributed by atoms with van der Waals surface area (Å²) in [5.41, 5.74) is 1.18. The van der Waals surface area contributed by atoms with E-state index in [4.69, 9.17) is 11.6 Å². The van der Waals surface area contributed by atoms with Gasteiger partial charge in [-0.2, -0.15) is 17.4 Å². The Kier molecular flexibility index (Phi) is 6.74. The zero-order chi connectivity index (χ0) is 23.9. The molecule has 1 aliphatic heterocycles. The fourth-order valence-electron chi connectivity index (χ4n) is 4.03. The standard InChI is InChI=1S/C20H23ClFN5O4S2/c1-10-23-14-4-3-5-15(18(14)32-10)25-19(28)16-9-17(27(2)33(30,31)26-16)20(29)24-11-6-7-13(22)12(21)8-11/h6-8,15-17,26H,3-5,9H2,1-2H3,(H,24,29)(H,25,28). The van der Waals surface area contributed by atoms with Crippen LogP contribution in [0.3, 0.4) is 0 Å². The minimum absolute atomic E-state index is 0.0797. The van der Waals surface area contributed by atoms with Crippen LogP contribution in [0.5, 0.6) is 0 Å². The molecule has 13 heteroatoms. The highest BCUT2D eigenvalue weighted by Gasteiger charge is 2.43. The van der Waals surface area contributed by atoms with Crippen molar-refractivity contribution in [1.29, 1.82) is 0 Å². The van der Waals surface area contributed by atoms with Crippen LogP contribution in [-0.4, -0.2) is 48.7 Å². The lowest BCUT2D eigenvalue weighted by Gasteiger charge is -2.36. The van der Waals surface area contributed by atoms with Crippen molar-refractivity contribution in [3.05, 3.63) is 44.6 Å². The third-order valence-corrected chi connectivity index (χ3v) is 8.76. The second-order valence-electron chi connectivity index (χ2n) is 8.06. The number of nitrogens with one attached hydrogen (secondary N) is 3. The molecule has 178 valence electrons. The van der Waals surface area contributed by atoms with E-state index < -0.39 is 39.9 Å². The van der Waals surface area contributed by atoms with E-state index >= 15 is 0 Å². The van der Waals surface area contributed by atoms with E-state index in [1.165, 1.54) is 30.5 Å². The van der Waals surface area contributed by atoms with E-state index in [1.54, 1.807) is 0 Å². The monoisotopic (exact) mass is 515 g/mol. The molecule has 0 radical (unpaired) electrons. The van der Waals surface area contributed by atoms with Crippen LogP contribution >= 0.6 is 22.9 Å². The summed E-state index contributed by atoms with van der Waals surface area (Å²) in [6.07, 6.45) is 2.37. The molecule has 0 bridgehead atoms. The minimum Gasteiger partial charge on any atom is -0.347 e. The molecule has 0 spiro atoms. The molecule has 3 N–H and O–H groups in total. The summed E-state index contributed by atoms with van der Waals surface area (Å²) < 4.78 is 41.9. The molecule has 1 fully saturated rings. The van der Waals surface area contributed by atoms with Crippen molar-refractivity contribution < 1.29 is 22.4 Å². The summed E-state index contributed by atoms with van der Waals surface area (Å²) in [7, 11) is -2.83. The van der Waals surface area contributed by atoms with Crippen LogP contribution in [0.1, 0.15) is 40.9 Å². The molecule has 3 atom stereocenters. The first-order chi connectivity index (χ1) is 15.5. The van der Waals surface area contributed by atoms with Crippen LogP contribution in [-0.2, 0) is 26.2 Å². The van der Waals surface area contributed by atoms with Gasteiger partial charge in [0, 0.05) is 12.7 Å². The number of aromatic nitrogens is 1. The van der Waals surface area contributed by atoms with Gasteiger partial charge in [-0.15, -0.1) is 11.3 Å². The molecule has 1 aromatic carbocycles. The quantitative estimate of drug-likeness (QED) is 0.577. The highest BCUT2D eigenvalue weighted by atomic mass is 35.5. The van der Waals surface area contributed by atoms with Gasteiger partial charge >= 0.3 is 0 Å². The molecule has 2 heterocycles. The average Bonchev–Trinajstić information content (AvgIpc) is 3.13. The summed E-state index contributed by atoms with van der Waals surface area (Å²) in [5.74, 6) is -1.80.